The van der Waals surface area contributed by atoms with Crippen molar-refractivity contribution in [2.45, 2.75) is 25.8 Å². The third-order valence-corrected chi connectivity index (χ3v) is 2.94. The quantitative estimate of drug-likeness (QED) is 0.887. The summed E-state index contributed by atoms with van der Waals surface area (Å²) in [6.07, 6.45) is 0.964. The van der Waals surface area contributed by atoms with Gasteiger partial charge in [0.1, 0.15) is 5.78 Å². The first-order valence-electron chi connectivity index (χ1n) is 4.76. The Bertz CT molecular complexity index is 366. The van der Waals surface area contributed by atoms with Crippen molar-refractivity contribution >= 4 is 29.0 Å². The van der Waals surface area contributed by atoms with Crippen molar-refractivity contribution in [2.24, 2.45) is 5.73 Å². The van der Waals surface area contributed by atoms with Gasteiger partial charge in [-0.15, -0.1) is 0 Å². The molecule has 1 rings (SSSR count). The highest BCUT2D eigenvalue weighted by Gasteiger charge is 2.12. The number of halogens is 2. The molecule has 0 saturated carbocycles. The number of Topliss-reactive ketones (excluding diaryl/α,β-unsaturated/α-hetero) is 1. The van der Waals surface area contributed by atoms with Gasteiger partial charge in [0.2, 0.25) is 0 Å². The summed E-state index contributed by atoms with van der Waals surface area (Å²) in [5, 5.41) is 1.00. The lowest BCUT2D eigenvalue weighted by molar-refractivity contribution is -0.119. The molecule has 0 bridgehead atoms. The molecular weight excluding hydrogens is 233 g/mol. The maximum atomic E-state index is 11.3. The zero-order valence-electron chi connectivity index (χ0n) is 8.47. The Morgan fingerprint density at radius 2 is 2.07 bits per heavy atom. The van der Waals surface area contributed by atoms with E-state index in [1.54, 1.807) is 19.1 Å². The van der Waals surface area contributed by atoms with Gasteiger partial charge in [-0.25, -0.2) is 0 Å². The number of rotatable bonds is 4. The Labute approximate surface area is 99.4 Å². The van der Waals surface area contributed by atoms with Crippen LogP contribution in [0.15, 0.2) is 18.2 Å². The topological polar surface area (TPSA) is 43.1 Å². The lowest BCUT2D eigenvalue weighted by atomic mass is 10.0. The van der Waals surface area contributed by atoms with Crippen LogP contribution in [0, 0.1) is 0 Å². The molecule has 4 heteroatoms. The van der Waals surface area contributed by atoms with E-state index in [-0.39, 0.29) is 5.78 Å². The fraction of sp³-hybridized carbons (Fsp3) is 0.364. The monoisotopic (exact) mass is 245 g/mol. The zero-order valence-corrected chi connectivity index (χ0v) is 9.98. The molecule has 1 aromatic carbocycles. The molecular formula is C11H13Cl2NO. The van der Waals surface area contributed by atoms with Gasteiger partial charge in [0.15, 0.2) is 0 Å². The first kappa shape index (κ1) is 12.5. The van der Waals surface area contributed by atoms with Crippen LogP contribution in [0.2, 0.25) is 10.0 Å². The molecule has 0 unspecified atom stereocenters. The van der Waals surface area contributed by atoms with E-state index >= 15 is 0 Å². The Morgan fingerprint density at radius 3 is 2.60 bits per heavy atom. The predicted molar refractivity (Wildman–Crippen MR) is 63.4 cm³/mol. The number of benzene rings is 1. The van der Waals surface area contributed by atoms with Gasteiger partial charge in [0.05, 0.1) is 16.1 Å². The summed E-state index contributed by atoms with van der Waals surface area (Å²) in [7, 11) is 0. The van der Waals surface area contributed by atoms with Crippen molar-refractivity contribution < 1.29 is 4.79 Å². The highest BCUT2D eigenvalue weighted by atomic mass is 35.5. The average Bonchev–Trinajstić information content (AvgIpc) is 2.22. The number of carbonyl (C=O) groups excluding carboxylic acids is 1. The summed E-state index contributed by atoms with van der Waals surface area (Å²) in [4.78, 5) is 11.3. The SMILES string of the molecule is CCC(=O)[C@H](N)Cc1ccc(Cl)c(Cl)c1. The number of ketones is 1. The second kappa shape index (κ2) is 5.50. The predicted octanol–water partition coefficient (Wildman–Crippen LogP) is 2.84. The van der Waals surface area contributed by atoms with E-state index in [1.807, 2.05) is 6.07 Å². The maximum Gasteiger partial charge on any atom is 0.149 e. The zero-order chi connectivity index (χ0) is 11.4. The lowest BCUT2D eigenvalue weighted by Crippen LogP contribution is -2.32. The van der Waals surface area contributed by atoms with Crippen LogP contribution in [-0.2, 0) is 11.2 Å². The molecule has 0 amide bonds. The summed E-state index contributed by atoms with van der Waals surface area (Å²) in [6.45, 7) is 1.80. The first-order chi connectivity index (χ1) is 7.04. The van der Waals surface area contributed by atoms with Crippen LogP contribution < -0.4 is 5.73 Å². The molecule has 0 radical (unpaired) electrons. The fourth-order valence-electron chi connectivity index (χ4n) is 1.30. The van der Waals surface area contributed by atoms with E-state index < -0.39 is 6.04 Å². The fourth-order valence-corrected chi connectivity index (χ4v) is 1.62. The second-order valence-electron chi connectivity index (χ2n) is 3.38. The van der Waals surface area contributed by atoms with Crippen LogP contribution in [-0.4, -0.2) is 11.8 Å². The molecule has 2 N–H and O–H groups in total. The molecule has 1 aromatic rings. The first-order valence-corrected chi connectivity index (χ1v) is 5.52. The van der Waals surface area contributed by atoms with Crippen molar-refractivity contribution in [3.05, 3.63) is 33.8 Å². The Hall–Kier alpha value is -0.570. The van der Waals surface area contributed by atoms with Gasteiger partial charge in [0, 0.05) is 6.42 Å². The summed E-state index contributed by atoms with van der Waals surface area (Å²) < 4.78 is 0. The van der Waals surface area contributed by atoms with E-state index in [2.05, 4.69) is 0 Å². The van der Waals surface area contributed by atoms with E-state index in [0.29, 0.717) is 22.9 Å². The van der Waals surface area contributed by atoms with E-state index in [4.69, 9.17) is 28.9 Å². The van der Waals surface area contributed by atoms with E-state index in [0.717, 1.165) is 5.56 Å². The average molecular weight is 246 g/mol. The van der Waals surface area contributed by atoms with Gasteiger partial charge in [0.25, 0.3) is 0 Å². The van der Waals surface area contributed by atoms with Crippen LogP contribution in [0.4, 0.5) is 0 Å². The van der Waals surface area contributed by atoms with E-state index in [9.17, 15) is 4.79 Å². The van der Waals surface area contributed by atoms with Gasteiger partial charge in [-0.2, -0.15) is 0 Å². The van der Waals surface area contributed by atoms with Gasteiger partial charge < -0.3 is 5.73 Å². The molecule has 0 saturated heterocycles. The Morgan fingerprint density at radius 1 is 1.40 bits per heavy atom. The van der Waals surface area contributed by atoms with Crippen molar-refractivity contribution in [2.75, 3.05) is 0 Å². The number of hydrogen-bond acceptors (Lipinski definition) is 2. The number of nitrogens with two attached hydrogens (primary N) is 1. The van der Waals surface area contributed by atoms with Crippen molar-refractivity contribution in [3.63, 3.8) is 0 Å². The van der Waals surface area contributed by atoms with Crippen molar-refractivity contribution in [3.8, 4) is 0 Å². The molecule has 82 valence electrons. The molecule has 0 aliphatic carbocycles. The minimum Gasteiger partial charge on any atom is -0.321 e. The summed E-state index contributed by atoms with van der Waals surface area (Å²) >= 11 is 11.6. The Kier molecular flexibility index (Phi) is 4.58. The summed E-state index contributed by atoms with van der Waals surface area (Å²) in [5.41, 5.74) is 6.65. The highest BCUT2D eigenvalue weighted by molar-refractivity contribution is 6.42. The molecule has 0 aromatic heterocycles. The van der Waals surface area contributed by atoms with Crippen LogP contribution in [0.1, 0.15) is 18.9 Å². The van der Waals surface area contributed by atoms with Crippen molar-refractivity contribution in [1.29, 1.82) is 0 Å². The highest BCUT2D eigenvalue weighted by Crippen LogP contribution is 2.23. The normalized spacial score (nSPS) is 12.5. The minimum atomic E-state index is -0.452. The smallest absolute Gasteiger partial charge is 0.149 e. The van der Waals surface area contributed by atoms with Crippen LogP contribution in [0.25, 0.3) is 0 Å². The minimum absolute atomic E-state index is 0.0565. The standard InChI is InChI=1S/C11H13Cl2NO/c1-2-11(15)10(14)6-7-3-4-8(12)9(13)5-7/h3-5,10H,2,6,14H2,1H3/t10-/m1/s1. The van der Waals surface area contributed by atoms with Crippen LogP contribution in [0.5, 0.6) is 0 Å². The second-order valence-corrected chi connectivity index (χ2v) is 4.19. The Balaban J connectivity index is 2.73. The molecule has 0 heterocycles. The molecule has 0 aliphatic heterocycles. The van der Waals surface area contributed by atoms with Crippen LogP contribution >= 0.6 is 23.2 Å². The maximum absolute atomic E-state index is 11.3. The summed E-state index contributed by atoms with van der Waals surface area (Å²) in [5.74, 6) is 0.0565. The van der Waals surface area contributed by atoms with Gasteiger partial charge >= 0.3 is 0 Å². The molecule has 1 atom stereocenters. The lowest BCUT2D eigenvalue weighted by Gasteiger charge is -2.09. The number of hydrogen-bond donors (Lipinski definition) is 1. The molecule has 0 spiro atoms. The third kappa shape index (κ3) is 3.49. The number of carbonyl (C=O) groups is 1. The largest absolute Gasteiger partial charge is 0.321 e. The van der Waals surface area contributed by atoms with Crippen LogP contribution in [0.3, 0.4) is 0 Å². The van der Waals surface area contributed by atoms with Gasteiger partial charge in [-0.3, -0.25) is 4.79 Å². The molecule has 0 fully saturated rings. The molecule has 0 aliphatic rings. The van der Waals surface area contributed by atoms with Gasteiger partial charge in [-0.05, 0) is 24.1 Å². The molecule has 15 heavy (non-hydrogen) atoms. The van der Waals surface area contributed by atoms with Gasteiger partial charge in [-0.1, -0.05) is 36.2 Å². The van der Waals surface area contributed by atoms with E-state index in [1.165, 1.54) is 0 Å². The molecule has 2 nitrogen and oxygen atoms in total. The third-order valence-electron chi connectivity index (χ3n) is 2.20. The summed E-state index contributed by atoms with van der Waals surface area (Å²) in [6, 6.07) is 4.83. The van der Waals surface area contributed by atoms with Crippen molar-refractivity contribution in [1.82, 2.24) is 0 Å².